The summed E-state index contributed by atoms with van der Waals surface area (Å²) < 4.78 is 9.05. The molecule has 1 heterocycles. The highest BCUT2D eigenvalue weighted by Gasteiger charge is 2.07. The van der Waals surface area contributed by atoms with Gasteiger partial charge in [0.15, 0.2) is 0 Å². The summed E-state index contributed by atoms with van der Waals surface area (Å²) in [6.07, 6.45) is 0. The molecular weight excluding hydrogens is 340 g/mol. The number of benzene rings is 2. The number of methoxy groups -OCH3 is 2. The van der Waals surface area contributed by atoms with Crippen LogP contribution < -0.4 is 17.2 Å². The van der Waals surface area contributed by atoms with E-state index in [0.717, 1.165) is 0 Å². The third-order valence-corrected chi connectivity index (χ3v) is 3.44. The zero-order chi connectivity index (χ0) is 19.3. The van der Waals surface area contributed by atoms with Gasteiger partial charge in [-0.05, 0) is 36.4 Å². The van der Waals surface area contributed by atoms with Crippen LogP contribution in [0.4, 0.5) is 11.4 Å². The van der Waals surface area contributed by atoms with Crippen molar-refractivity contribution in [2.45, 2.75) is 0 Å². The Bertz CT molecular complexity index is 1010. The zero-order valence-corrected chi connectivity index (χ0v) is 14.2. The topological polar surface area (TPSA) is 153 Å². The van der Waals surface area contributed by atoms with E-state index in [1.165, 1.54) is 20.3 Å². The number of nitrogens with one attached hydrogen (secondary N) is 2. The number of hydrogen-bond donors (Lipinski definition) is 4. The molecule has 3 aromatic rings. The number of imidazole rings is 1. The molecule has 0 spiro atoms. The standard InChI is InChI=1S/C9H8N2O3.C8H10N2O2/c1-14-8(12)5-2-3-6-7(4-5)11-9(13)10-6;1-12-8(11)5-2-3-6(9)7(10)4-5/h2-4H,1H3,(H2,10,11,13);2-4H,9-10H2,1H3. The smallest absolute Gasteiger partial charge is 0.337 e. The number of aromatic nitrogens is 2. The van der Waals surface area contributed by atoms with Crippen molar-refractivity contribution in [2.24, 2.45) is 0 Å². The first-order valence-corrected chi connectivity index (χ1v) is 7.39. The van der Waals surface area contributed by atoms with Gasteiger partial charge < -0.3 is 30.9 Å². The van der Waals surface area contributed by atoms with Crippen molar-refractivity contribution in [1.29, 1.82) is 0 Å². The van der Waals surface area contributed by atoms with Crippen molar-refractivity contribution >= 4 is 34.3 Å². The first-order chi connectivity index (χ1) is 12.3. The molecule has 0 bridgehead atoms. The summed E-state index contributed by atoms with van der Waals surface area (Å²) in [5.74, 6) is -0.837. The summed E-state index contributed by atoms with van der Waals surface area (Å²) in [5.41, 5.74) is 13.6. The summed E-state index contributed by atoms with van der Waals surface area (Å²) in [5, 5.41) is 0. The van der Waals surface area contributed by atoms with Crippen LogP contribution in [0.2, 0.25) is 0 Å². The highest BCUT2D eigenvalue weighted by molar-refractivity contribution is 5.93. The molecular formula is C17H18N4O5. The molecule has 9 nitrogen and oxygen atoms in total. The highest BCUT2D eigenvalue weighted by Crippen LogP contribution is 2.16. The van der Waals surface area contributed by atoms with Crippen LogP contribution in [-0.2, 0) is 9.47 Å². The van der Waals surface area contributed by atoms with Gasteiger partial charge in [-0.3, -0.25) is 0 Å². The van der Waals surface area contributed by atoms with Gasteiger partial charge in [-0.1, -0.05) is 0 Å². The number of carbonyl (C=O) groups is 2. The number of nitrogens with two attached hydrogens (primary N) is 2. The summed E-state index contributed by atoms with van der Waals surface area (Å²) in [6, 6.07) is 9.44. The molecule has 0 atom stereocenters. The van der Waals surface area contributed by atoms with E-state index in [1.54, 1.807) is 30.3 Å². The van der Waals surface area contributed by atoms with Crippen molar-refractivity contribution in [3.63, 3.8) is 0 Å². The van der Waals surface area contributed by atoms with Gasteiger partial charge in [0.2, 0.25) is 0 Å². The van der Waals surface area contributed by atoms with Crippen LogP contribution in [-0.4, -0.2) is 36.1 Å². The minimum atomic E-state index is -0.422. The van der Waals surface area contributed by atoms with Crippen LogP contribution >= 0.6 is 0 Å². The zero-order valence-electron chi connectivity index (χ0n) is 14.2. The predicted molar refractivity (Wildman–Crippen MR) is 96.9 cm³/mol. The fraction of sp³-hybridized carbons (Fsp3) is 0.118. The third kappa shape index (κ3) is 4.20. The van der Waals surface area contributed by atoms with E-state index < -0.39 is 11.9 Å². The van der Waals surface area contributed by atoms with E-state index in [0.29, 0.717) is 33.5 Å². The second-order valence-electron chi connectivity index (χ2n) is 5.17. The predicted octanol–water partition coefficient (Wildman–Crippen LogP) is 1.28. The fourth-order valence-electron chi connectivity index (χ4n) is 2.10. The lowest BCUT2D eigenvalue weighted by Gasteiger charge is -2.02. The number of hydrogen-bond acceptors (Lipinski definition) is 7. The van der Waals surface area contributed by atoms with Crippen LogP contribution in [0.5, 0.6) is 0 Å². The van der Waals surface area contributed by atoms with Gasteiger partial charge >= 0.3 is 17.6 Å². The molecule has 136 valence electrons. The van der Waals surface area contributed by atoms with E-state index in [4.69, 9.17) is 11.5 Å². The normalized spacial score (nSPS) is 9.92. The molecule has 0 aliphatic heterocycles. The Morgan fingerprint density at radius 2 is 1.35 bits per heavy atom. The van der Waals surface area contributed by atoms with Gasteiger partial charge in [-0.2, -0.15) is 0 Å². The molecule has 0 saturated heterocycles. The van der Waals surface area contributed by atoms with Crippen LogP contribution in [0, 0.1) is 0 Å². The summed E-state index contributed by atoms with van der Waals surface area (Å²) in [6.45, 7) is 0. The first kappa shape index (κ1) is 18.6. The minimum Gasteiger partial charge on any atom is -0.465 e. The van der Waals surface area contributed by atoms with E-state index in [9.17, 15) is 14.4 Å². The SMILES string of the molecule is COC(=O)c1ccc(N)c(N)c1.COC(=O)c1ccc2[nH]c(=O)[nH]c2c1. The lowest BCUT2D eigenvalue weighted by atomic mass is 10.2. The molecule has 26 heavy (non-hydrogen) atoms. The fourth-order valence-corrected chi connectivity index (χ4v) is 2.10. The second kappa shape index (κ2) is 7.88. The first-order valence-electron chi connectivity index (χ1n) is 7.39. The van der Waals surface area contributed by atoms with E-state index in [-0.39, 0.29) is 5.69 Å². The maximum Gasteiger partial charge on any atom is 0.337 e. The second-order valence-corrected chi connectivity index (χ2v) is 5.17. The highest BCUT2D eigenvalue weighted by atomic mass is 16.5. The van der Waals surface area contributed by atoms with Crippen molar-refractivity contribution in [2.75, 3.05) is 25.7 Å². The number of anilines is 2. The van der Waals surface area contributed by atoms with Crippen molar-refractivity contribution in [3.8, 4) is 0 Å². The Kier molecular flexibility index (Phi) is 5.63. The van der Waals surface area contributed by atoms with Gasteiger partial charge in [0, 0.05) is 0 Å². The molecule has 6 N–H and O–H groups in total. The van der Waals surface area contributed by atoms with Gasteiger partial charge in [0.25, 0.3) is 0 Å². The van der Waals surface area contributed by atoms with E-state index in [2.05, 4.69) is 19.4 Å². The molecule has 0 radical (unpaired) electrons. The summed E-state index contributed by atoms with van der Waals surface area (Å²) in [7, 11) is 2.63. The molecule has 9 heteroatoms. The number of esters is 2. The summed E-state index contributed by atoms with van der Waals surface area (Å²) in [4.78, 5) is 38.1. The number of carbonyl (C=O) groups excluding carboxylic acids is 2. The molecule has 2 aromatic carbocycles. The monoisotopic (exact) mass is 358 g/mol. The Labute approximate surface area is 147 Å². The molecule has 0 aliphatic carbocycles. The molecule has 0 saturated carbocycles. The number of ether oxygens (including phenoxy) is 2. The summed E-state index contributed by atoms with van der Waals surface area (Å²) >= 11 is 0. The average Bonchev–Trinajstić information content (AvgIpc) is 3.02. The Hall–Kier alpha value is -3.75. The van der Waals surface area contributed by atoms with E-state index in [1.807, 2.05) is 0 Å². The van der Waals surface area contributed by atoms with Gasteiger partial charge in [0.1, 0.15) is 0 Å². The van der Waals surface area contributed by atoms with E-state index >= 15 is 0 Å². The third-order valence-electron chi connectivity index (χ3n) is 3.44. The number of fused-ring (bicyclic) bond motifs is 1. The van der Waals surface area contributed by atoms with Gasteiger partial charge in [-0.15, -0.1) is 0 Å². The number of rotatable bonds is 2. The largest absolute Gasteiger partial charge is 0.465 e. The lowest BCUT2D eigenvalue weighted by Crippen LogP contribution is -2.03. The minimum absolute atomic E-state index is 0.290. The molecule has 0 aliphatic rings. The molecule has 1 aromatic heterocycles. The van der Waals surface area contributed by atoms with Crippen molar-refractivity contribution < 1.29 is 19.1 Å². The van der Waals surface area contributed by atoms with Crippen LogP contribution in [0.3, 0.4) is 0 Å². The number of aromatic amines is 2. The maximum atomic E-state index is 11.1. The van der Waals surface area contributed by atoms with Crippen molar-refractivity contribution in [1.82, 2.24) is 9.97 Å². The average molecular weight is 358 g/mol. The molecule has 0 unspecified atom stereocenters. The molecule has 3 rings (SSSR count). The Balaban J connectivity index is 0.000000190. The molecule has 0 fully saturated rings. The van der Waals surface area contributed by atoms with Crippen LogP contribution in [0.15, 0.2) is 41.2 Å². The van der Waals surface area contributed by atoms with Crippen LogP contribution in [0.1, 0.15) is 20.7 Å². The van der Waals surface area contributed by atoms with Crippen molar-refractivity contribution in [3.05, 3.63) is 58.0 Å². The lowest BCUT2D eigenvalue weighted by molar-refractivity contribution is 0.0592. The quantitative estimate of drug-likeness (QED) is 0.397. The Morgan fingerprint density at radius 3 is 1.92 bits per heavy atom. The number of nitrogen functional groups attached to an aromatic ring is 2. The van der Waals surface area contributed by atoms with Gasteiger partial charge in [0.05, 0.1) is 47.8 Å². The van der Waals surface area contributed by atoms with Crippen LogP contribution in [0.25, 0.3) is 11.0 Å². The number of H-pyrrole nitrogens is 2. The van der Waals surface area contributed by atoms with Gasteiger partial charge in [-0.25, -0.2) is 14.4 Å². The Morgan fingerprint density at radius 1 is 0.808 bits per heavy atom. The maximum absolute atomic E-state index is 11.1. The molecule has 0 amide bonds.